The second kappa shape index (κ2) is 4.88. The summed E-state index contributed by atoms with van der Waals surface area (Å²) in [4.78, 5) is 14.3. The van der Waals surface area contributed by atoms with Crippen LogP contribution < -0.4 is 4.90 Å². The number of aromatic nitrogens is 2. The molecule has 0 unspecified atom stereocenters. The van der Waals surface area contributed by atoms with E-state index >= 15 is 0 Å². The molecule has 98 valence electrons. The summed E-state index contributed by atoms with van der Waals surface area (Å²) in [5.74, 6) is 0.153. The summed E-state index contributed by atoms with van der Waals surface area (Å²) in [6.45, 7) is 3.66. The van der Waals surface area contributed by atoms with Crippen molar-refractivity contribution < 1.29 is 4.79 Å². The van der Waals surface area contributed by atoms with Crippen molar-refractivity contribution in [3.8, 4) is 0 Å². The zero-order chi connectivity index (χ0) is 13.2. The quantitative estimate of drug-likeness (QED) is 0.841. The van der Waals surface area contributed by atoms with E-state index in [1.807, 2.05) is 40.9 Å². The lowest BCUT2D eigenvalue weighted by Crippen LogP contribution is -2.30. The van der Waals surface area contributed by atoms with Crippen LogP contribution in [0.2, 0.25) is 0 Å². The summed E-state index contributed by atoms with van der Waals surface area (Å²) < 4.78 is 1.85. The second-order valence-electron chi connectivity index (χ2n) is 4.81. The maximum absolute atomic E-state index is 12.4. The molecule has 1 aromatic carbocycles. The molecule has 1 amide bonds. The highest BCUT2D eigenvalue weighted by Gasteiger charge is 2.24. The van der Waals surface area contributed by atoms with Crippen LogP contribution in [0.25, 0.3) is 0 Å². The predicted molar refractivity (Wildman–Crippen MR) is 74.1 cm³/mol. The number of para-hydroxylation sites is 1. The van der Waals surface area contributed by atoms with Crippen molar-refractivity contribution in [1.82, 2.24) is 9.78 Å². The molecule has 0 atom stereocenters. The molecule has 0 saturated carbocycles. The highest BCUT2D eigenvalue weighted by atomic mass is 16.2. The third kappa shape index (κ3) is 2.26. The molecule has 3 rings (SSSR count). The zero-order valence-electron chi connectivity index (χ0n) is 11.0. The number of hydrogen-bond donors (Lipinski definition) is 0. The van der Waals surface area contributed by atoms with E-state index in [4.69, 9.17) is 0 Å². The Balaban J connectivity index is 1.75. The fourth-order valence-electron chi connectivity index (χ4n) is 2.54. The number of hydrogen-bond acceptors (Lipinski definition) is 2. The number of amides is 1. The molecule has 1 aliphatic rings. The van der Waals surface area contributed by atoms with E-state index in [0.29, 0.717) is 6.42 Å². The molecule has 0 spiro atoms. The van der Waals surface area contributed by atoms with E-state index in [1.165, 1.54) is 5.56 Å². The van der Waals surface area contributed by atoms with Gasteiger partial charge in [0.25, 0.3) is 0 Å². The van der Waals surface area contributed by atoms with Crippen molar-refractivity contribution in [2.45, 2.75) is 26.3 Å². The van der Waals surface area contributed by atoms with Gasteiger partial charge >= 0.3 is 0 Å². The molecule has 2 aromatic rings. The maximum atomic E-state index is 12.4. The van der Waals surface area contributed by atoms with Crippen LogP contribution in [0.15, 0.2) is 36.7 Å². The normalized spacial score (nSPS) is 13.6. The molecule has 0 radical (unpaired) electrons. The Morgan fingerprint density at radius 2 is 2.21 bits per heavy atom. The molecule has 4 nitrogen and oxygen atoms in total. The van der Waals surface area contributed by atoms with Gasteiger partial charge in [0.1, 0.15) is 0 Å². The van der Waals surface area contributed by atoms with Crippen molar-refractivity contribution in [2.75, 3.05) is 11.4 Å². The molecule has 0 saturated heterocycles. The predicted octanol–water partition coefficient (Wildman–Crippen LogP) is 2.03. The average molecular weight is 255 g/mol. The van der Waals surface area contributed by atoms with Crippen molar-refractivity contribution >= 4 is 11.6 Å². The van der Waals surface area contributed by atoms with E-state index in [-0.39, 0.29) is 5.91 Å². The molecule has 0 aliphatic carbocycles. The van der Waals surface area contributed by atoms with E-state index < -0.39 is 0 Å². The summed E-state index contributed by atoms with van der Waals surface area (Å²) in [5, 5.41) is 4.20. The minimum Gasteiger partial charge on any atom is -0.312 e. The monoisotopic (exact) mass is 255 g/mol. The Kier molecular flexibility index (Phi) is 3.07. The van der Waals surface area contributed by atoms with Gasteiger partial charge in [-0.15, -0.1) is 0 Å². The van der Waals surface area contributed by atoms with Gasteiger partial charge in [-0.05, 0) is 30.5 Å². The van der Waals surface area contributed by atoms with Crippen LogP contribution in [-0.4, -0.2) is 22.2 Å². The largest absolute Gasteiger partial charge is 0.312 e. The van der Waals surface area contributed by atoms with Gasteiger partial charge in [-0.3, -0.25) is 9.48 Å². The molecule has 19 heavy (non-hydrogen) atoms. The van der Waals surface area contributed by atoms with Crippen molar-refractivity contribution in [3.63, 3.8) is 0 Å². The fraction of sp³-hybridized carbons (Fsp3) is 0.333. The fourth-order valence-corrected chi connectivity index (χ4v) is 2.54. The lowest BCUT2D eigenvalue weighted by Gasteiger charge is -2.16. The Morgan fingerprint density at radius 3 is 3.00 bits per heavy atom. The lowest BCUT2D eigenvalue weighted by atomic mass is 10.2. The van der Waals surface area contributed by atoms with Crippen LogP contribution in [0.5, 0.6) is 0 Å². The number of fused-ring (bicyclic) bond motifs is 1. The highest BCUT2D eigenvalue weighted by Crippen LogP contribution is 2.27. The number of anilines is 1. The third-order valence-corrected chi connectivity index (χ3v) is 3.55. The van der Waals surface area contributed by atoms with Gasteiger partial charge in [0, 0.05) is 25.0 Å². The first-order valence-corrected chi connectivity index (χ1v) is 6.67. The number of nitrogens with zero attached hydrogens (tertiary/aromatic N) is 3. The van der Waals surface area contributed by atoms with Gasteiger partial charge in [0.15, 0.2) is 0 Å². The highest BCUT2D eigenvalue weighted by molar-refractivity contribution is 5.96. The maximum Gasteiger partial charge on any atom is 0.231 e. The number of carbonyl (C=O) groups is 1. The molecule has 1 aromatic heterocycles. The first-order chi connectivity index (χ1) is 9.28. The minimum absolute atomic E-state index is 0.153. The first kappa shape index (κ1) is 12.0. The second-order valence-corrected chi connectivity index (χ2v) is 4.81. The Labute approximate surface area is 112 Å². The molecule has 0 bridgehead atoms. The van der Waals surface area contributed by atoms with Gasteiger partial charge < -0.3 is 4.90 Å². The smallest absolute Gasteiger partial charge is 0.231 e. The minimum atomic E-state index is 0.153. The third-order valence-electron chi connectivity index (χ3n) is 3.55. The van der Waals surface area contributed by atoms with Gasteiger partial charge in [-0.1, -0.05) is 18.2 Å². The Bertz CT molecular complexity index is 603. The standard InChI is InChI=1S/C15H17N3O/c1-2-17-11-12(10-16-17)9-15(19)18-8-7-13-5-3-4-6-14(13)18/h3-6,10-11H,2,7-9H2,1H3. The van der Waals surface area contributed by atoms with E-state index in [2.05, 4.69) is 11.2 Å². The zero-order valence-corrected chi connectivity index (χ0v) is 11.0. The van der Waals surface area contributed by atoms with Crippen molar-refractivity contribution in [2.24, 2.45) is 0 Å². The van der Waals surface area contributed by atoms with Crippen LogP contribution >= 0.6 is 0 Å². The van der Waals surface area contributed by atoms with E-state index in [9.17, 15) is 4.79 Å². The van der Waals surface area contributed by atoms with Crippen molar-refractivity contribution in [1.29, 1.82) is 0 Å². The SMILES string of the molecule is CCn1cc(CC(=O)N2CCc3ccccc32)cn1. The van der Waals surface area contributed by atoms with Gasteiger partial charge in [0.2, 0.25) is 5.91 Å². The van der Waals surface area contributed by atoms with Crippen LogP contribution in [0.1, 0.15) is 18.1 Å². The Hall–Kier alpha value is -2.10. The molecule has 0 fully saturated rings. The average Bonchev–Trinajstić information content (AvgIpc) is 3.04. The van der Waals surface area contributed by atoms with Crippen LogP contribution in [0, 0.1) is 0 Å². The number of carbonyl (C=O) groups excluding carboxylic acids is 1. The van der Waals surface area contributed by atoms with Crippen LogP contribution in [0.4, 0.5) is 5.69 Å². The Morgan fingerprint density at radius 1 is 1.37 bits per heavy atom. The topological polar surface area (TPSA) is 38.1 Å². The molecule has 4 heteroatoms. The van der Waals surface area contributed by atoms with E-state index in [0.717, 1.165) is 30.8 Å². The van der Waals surface area contributed by atoms with Gasteiger partial charge in [0.05, 0.1) is 12.6 Å². The first-order valence-electron chi connectivity index (χ1n) is 6.67. The number of aryl methyl sites for hydroxylation is 1. The lowest BCUT2D eigenvalue weighted by molar-refractivity contribution is -0.117. The molecule has 0 N–H and O–H groups in total. The summed E-state index contributed by atoms with van der Waals surface area (Å²) >= 11 is 0. The van der Waals surface area contributed by atoms with Gasteiger partial charge in [-0.25, -0.2) is 0 Å². The molecule has 1 aliphatic heterocycles. The molecular weight excluding hydrogens is 238 g/mol. The summed E-state index contributed by atoms with van der Waals surface area (Å²) in [5.41, 5.74) is 3.31. The molecule has 2 heterocycles. The summed E-state index contributed by atoms with van der Waals surface area (Å²) in [6, 6.07) is 8.13. The van der Waals surface area contributed by atoms with Crippen LogP contribution in [0.3, 0.4) is 0 Å². The summed E-state index contributed by atoms with van der Waals surface area (Å²) in [7, 11) is 0. The van der Waals surface area contributed by atoms with Crippen molar-refractivity contribution in [3.05, 3.63) is 47.8 Å². The number of benzene rings is 1. The van der Waals surface area contributed by atoms with E-state index in [1.54, 1.807) is 6.20 Å². The molecular formula is C15H17N3O. The number of rotatable bonds is 3. The van der Waals surface area contributed by atoms with Gasteiger partial charge in [-0.2, -0.15) is 5.10 Å². The van der Waals surface area contributed by atoms with Crippen LogP contribution in [-0.2, 0) is 24.2 Å². The summed E-state index contributed by atoms with van der Waals surface area (Å²) in [6.07, 6.45) is 5.10.